The molecule has 0 saturated carbocycles. The second-order valence-electron chi connectivity index (χ2n) is 5.63. The third kappa shape index (κ3) is 5.23. The molecule has 1 amide bonds. The number of carbonyl (C=O) groups excluding carboxylic acids is 1. The van der Waals surface area contributed by atoms with Crippen molar-refractivity contribution in [1.29, 1.82) is 0 Å². The highest BCUT2D eigenvalue weighted by molar-refractivity contribution is 6.30. The molecule has 0 saturated heterocycles. The van der Waals surface area contributed by atoms with Gasteiger partial charge in [0.25, 0.3) is 0 Å². The summed E-state index contributed by atoms with van der Waals surface area (Å²) in [6.45, 7) is 1.25. The highest BCUT2D eigenvalue weighted by Crippen LogP contribution is 2.15. The van der Waals surface area contributed by atoms with Crippen molar-refractivity contribution in [3.8, 4) is 5.69 Å². The lowest BCUT2D eigenvalue weighted by Crippen LogP contribution is -2.24. The van der Waals surface area contributed by atoms with E-state index in [1.54, 1.807) is 28.9 Å². The average Bonchev–Trinajstić information content (AvgIpc) is 2.95. The molecule has 1 aromatic carbocycles. The van der Waals surface area contributed by atoms with Crippen molar-refractivity contribution in [1.82, 2.24) is 19.6 Å². The molecule has 0 N–H and O–H groups in total. The Balaban J connectivity index is 1.98. The largest absolute Gasteiger partial charge is 0.338 e. The van der Waals surface area contributed by atoms with E-state index >= 15 is 0 Å². The first-order chi connectivity index (χ1) is 11.0. The van der Waals surface area contributed by atoms with Crippen LogP contribution in [-0.2, 0) is 11.3 Å². The molecule has 1 heterocycles. The fourth-order valence-corrected chi connectivity index (χ4v) is 2.23. The summed E-state index contributed by atoms with van der Waals surface area (Å²) < 4.78 is 1.75. The number of rotatable bonds is 6. The maximum atomic E-state index is 12.0. The smallest absolute Gasteiger partial charge is 0.246 e. The van der Waals surface area contributed by atoms with E-state index < -0.39 is 0 Å². The van der Waals surface area contributed by atoms with Crippen LogP contribution < -0.4 is 0 Å². The van der Waals surface area contributed by atoms with E-state index in [9.17, 15) is 4.79 Å². The van der Waals surface area contributed by atoms with Gasteiger partial charge in [0.15, 0.2) is 0 Å². The van der Waals surface area contributed by atoms with Crippen molar-refractivity contribution in [3.63, 3.8) is 0 Å². The van der Waals surface area contributed by atoms with Crippen LogP contribution in [0.3, 0.4) is 0 Å². The van der Waals surface area contributed by atoms with Gasteiger partial charge in [0, 0.05) is 43.0 Å². The highest BCUT2D eigenvalue weighted by Gasteiger charge is 2.08. The normalized spacial score (nSPS) is 11.3. The minimum atomic E-state index is -0.0256. The van der Waals surface area contributed by atoms with Gasteiger partial charge < -0.3 is 9.80 Å². The summed E-state index contributed by atoms with van der Waals surface area (Å²) in [7, 11) is 5.70. The number of likely N-dealkylation sites (N-methyl/N-ethyl adjacent to an activating group) is 2. The minimum absolute atomic E-state index is 0.0256. The topological polar surface area (TPSA) is 41.4 Å². The predicted octanol–water partition coefficient (Wildman–Crippen LogP) is 2.60. The first-order valence-electron chi connectivity index (χ1n) is 7.31. The van der Waals surface area contributed by atoms with Gasteiger partial charge in [-0.2, -0.15) is 5.10 Å². The van der Waals surface area contributed by atoms with Gasteiger partial charge in [0.05, 0.1) is 11.9 Å². The summed E-state index contributed by atoms with van der Waals surface area (Å²) in [4.78, 5) is 15.7. The number of nitrogens with zero attached hydrogens (tertiary/aromatic N) is 4. The van der Waals surface area contributed by atoms with E-state index in [0.29, 0.717) is 11.6 Å². The SMILES string of the molecule is CN(C)C/C=C/C(=O)N(C)Cc1cnn(-c2cccc(Cl)c2)c1. The zero-order valence-electron chi connectivity index (χ0n) is 13.6. The van der Waals surface area contributed by atoms with E-state index in [2.05, 4.69) is 5.10 Å². The van der Waals surface area contributed by atoms with Gasteiger partial charge in [-0.15, -0.1) is 0 Å². The number of amides is 1. The van der Waals surface area contributed by atoms with Crippen molar-refractivity contribution in [2.45, 2.75) is 6.54 Å². The van der Waals surface area contributed by atoms with E-state index in [1.807, 2.05) is 55.5 Å². The number of halogens is 1. The van der Waals surface area contributed by atoms with Gasteiger partial charge in [-0.3, -0.25) is 4.79 Å². The van der Waals surface area contributed by atoms with Crippen LogP contribution in [0.5, 0.6) is 0 Å². The molecule has 23 heavy (non-hydrogen) atoms. The zero-order chi connectivity index (χ0) is 16.8. The summed E-state index contributed by atoms with van der Waals surface area (Å²) in [5, 5.41) is 4.99. The number of hydrogen-bond donors (Lipinski definition) is 0. The monoisotopic (exact) mass is 332 g/mol. The molecule has 122 valence electrons. The molecule has 0 spiro atoms. The van der Waals surface area contributed by atoms with Gasteiger partial charge >= 0.3 is 0 Å². The summed E-state index contributed by atoms with van der Waals surface area (Å²) in [5.74, 6) is -0.0256. The predicted molar refractivity (Wildman–Crippen MR) is 92.7 cm³/mol. The number of hydrogen-bond acceptors (Lipinski definition) is 3. The summed E-state index contributed by atoms with van der Waals surface area (Å²) >= 11 is 5.99. The molecule has 0 aliphatic rings. The fraction of sp³-hybridized carbons (Fsp3) is 0.294. The first kappa shape index (κ1) is 17.2. The van der Waals surface area contributed by atoms with Gasteiger partial charge in [0.1, 0.15) is 0 Å². The fourth-order valence-electron chi connectivity index (χ4n) is 2.04. The van der Waals surface area contributed by atoms with Gasteiger partial charge in [0.2, 0.25) is 5.91 Å². The molecular weight excluding hydrogens is 312 g/mol. The highest BCUT2D eigenvalue weighted by atomic mass is 35.5. The molecule has 2 aromatic rings. The molecule has 5 nitrogen and oxygen atoms in total. The Morgan fingerprint density at radius 3 is 2.83 bits per heavy atom. The Morgan fingerprint density at radius 2 is 2.13 bits per heavy atom. The summed E-state index contributed by atoms with van der Waals surface area (Å²) in [6, 6.07) is 7.48. The maximum Gasteiger partial charge on any atom is 0.246 e. The molecule has 0 aliphatic heterocycles. The lowest BCUT2D eigenvalue weighted by Gasteiger charge is -2.14. The van der Waals surface area contributed by atoms with E-state index in [4.69, 9.17) is 11.6 Å². The van der Waals surface area contributed by atoms with Gasteiger partial charge in [-0.25, -0.2) is 4.68 Å². The Morgan fingerprint density at radius 1 is 1.35 bits per heavy atom. The van der Waals surface area contributed by atoms with Crippen LogP contribution in [0.1, 0.15) is 5.56 Å². The molecular formula is C17H21ClN4O. The third-order valence-electron chi connectivity index (χ3n) is 3.24. The van der Waals surface area contributed by atoms with Gasteiger partial charge in [-0.05, 0) is 32.3 Å². The molecule has 0 radical (unpaired) electrons. The van der Waals surface area contributed by atoms with Crippen LogP contribution in [0.15, 0.2) is 48.8 Å². The average molecular weight is 333 g/mol. The second-order valence-corrected chi connectivity index (χ2v) is 6.07. The Hall–Kier alpha value is -2.11. The number of benzene rings is 1. The number of aromatic nitrogens is 2. The van der Waals surface area contributed by atoms with E-state index in [0.717, 1.165) is 17.8 Å². The van der Waals surface area contributed by atoms with E-state index in [1.165, 1.54) is 0 Å². The van der Waals surface area contributed by atoms with Crippen LogP contribution in [0.2, 0.25) is 5.02 Å². The maximum absolute atomic E-state index is 12.0. The number of carbonyl (C=O) groups is 1. The first-order valence-corrected chi connectivity index (χ1v) is 7.69. The zero-order valence-corrected chi connectivity index (χ0v) is 14.4. The van der Waals surface area contributed by atoms with Crippen LogP contribution in [0.25, 0.3) is 5.69 Å². The molecule has 0 atom stereocenters. The summed E-state index contributed by atoms with van der Waals surface area (Å²) in [6.07, 6.45) is 7.11. The quantitative estimate of drug-likeness (QED) is 0.764. The summed E-state index contributed by atoms with van der Waals surface area (Å²) in [5.41, 5.74) is 1.85. The molecule has 0 aliphatic carbocycles. The van der Waals surface area contributed by atoms with Crippen molar-refractivity contribution in [3.05, 3.63) is 59.4 Å². The van der Waals surface area contributed by atoms with Crippen molar-refractivity contribution >= 4 is 17.5 Å². The molecule has 0 bridgehead atoms. The minimum Gasteiger partial charge on any atom is -0.338 e. The lowest BCUT2D eigenvalue weighted by molar-refractivity contribution is -0.125. The van der Waals surface area contributed by atoms with Gasteiger partial charge in [-0.1, -0.05) is 23.7 Å². The van der Waals surface area contributed by atoms with Crippen molar-refractivity contribution < 1.29 is 4.79 Å². The van der Waals surface area contributed by atoms with Crippen LogP contribution in [0, 0.1) is 0 Å². The molecule has 2 rings (SSSR count). The molecule has 0 unspecified atom stereocenters. The van der Waals surface area contributed by atoms with Crippen LogP contribution in [-0.4, -0.2) is 53.2 Å². The van der Waals surface area contributed by atoms with Crippen molar-refractivity contribution in [2.75, 3.05) is 27.7 Å². The molecule has 1 aromatic heterocycles. The van der Waals surface area contributed by atoms with E-state index in [-0.39, 0.29) is 5.91 Å². The Labute approximate surface area is 141 Å². The lowest BCUT2D eigenvalue weighted by atomic mass is 10.3. The van der Waals surface area contributed by atoms with Crippen LogP contribution in [0.4, 0.5) is 0 Å². The standard InChI is InChI=1S/C17H21ClN4O/c1-20(2)9-5-8-17(23)21(3)12-14-11-19-22(13-14)16-7-4-6-15(18)10-16/h4-8,10-11,13H,9,12H2,1-3H3/b8-5+. The molecule has 0 fully saturated rings. The second kappa shape index (κ2) is 7.94. The van der Waals surface area contributed by atoms with Crippen LogP contribution >= 0.6 is 11.6 Å². The Kier molecular flexibility index (Phi) is 5.96. The third-order valence-corrected chi connectivity index (χ3v) is 3.47. The van der Waals surface area contributed by atoms with Crippen molar-refractivity contribution in [2.24, 2.45) is 0 Å². The Bertz CT molecular complexity index is 693. The molecule has 6 heteroatoms.